The van der Waals surface area contributed by atoms with Crippen LogP contribution in [0.25, 0.3) is 21.5 Å². The summed E-state index contributed by atoms with van der Waals surface area (Å²) in [6, 6.07) is 27.8. The topological polar surface area (TPSA) is 20.3 Å². The van der Waals surface area contributed by atoms with Crippen molar-refractivity contribution >= 4 is 39.2 Å². The number of rotatable bonds is 1. The molecule has 0 radical (unpaired) electrons. The number of thioether (sulfide) groups is 1. The molecule has 3 heteroatoms. The van der Waals surface area contributed by atoms with E-state index in [1.807, 2.05) is 23.9 Å². The first kappa shape index (κ1) is 16.2. The average molecular weight is 382 g/mol. The predicted octanol–water partition coefficient (Wildman–Crippen LogP) is 5.79. The molecule has 1 unspecified atom stereocenters. The van der Waals surface area contributed by atoms with Crippen LogP contribution in [-0.4, -0.2) is 23.1 Å². The van der Waals surface area contributed by atoms with Gasteiger partial charge < -0.3 is 4.90 Å². The maximum absolute atomic E-state index is 13.3. The lowest BCUT2D eigenvalue weighted by Gasteiger charge is -2.43. The minimum atomic E-state index is -0.423. The van der Waals surface area contributed by atoms with Gasteiger partial charge in [0.2, 0.25) is 0 Å². The smallest absolute Gasteiger partial charge is 0.255 e. The molecule has 136 valence electrons. The van der Waals surface area contributed by atoms with Crippen LogP contribution in [0.1, 0.15) is 27.9 Å². The van der Waals surface area contributed by atoms with E-state index in [1.54, 1.807) is 0 Å². The molecule has 0 bridgehead atoms. The summed E-state index contributed by atoms with van der Waals surface area (Å²) < 4.78 is 0. The van der Waals surface area contributed by atoms with Crippen molar-refractivity contribution in [3.63, 3.8) is 0 Å². The second kappa shape index (κ2) is 5.86. The Morgan fingerprint density at radius 3 is 2.39 bits per heavy atom. The molecule has 6 rings (SSSR count). The highest BCUT2D eigenvalue weighted by Crippen LogP contribution is 2.55. The highest BCUT2D eigenvalue weighted by Gasteiger charge is 2.53. The van der Waals surface area contributed by atoms with Gasteiger partial charge in [-0.1, -0.05) is 60.7 Å². The Labute approximate surface area is 168 Å². The largest absolute Gasteiger partial charge is 0.316 e. The standard InChI is InChI=1S/C25H19NOS/c27-24-20-10-3-4-11-22(20)25(26(24)13-6-14-28-25)23-12-5-9-19-15-17-7-1-2-8-18(17)16-21(19)23/h1-5,7-12,15-16H,6,13-14H2. The Bertz CT molecular complexity index is 1260. The number of carbonyl (C=O) groups is 1. The number of benzene rings is 4. The zero-order valence-electron chi connectivity index (χ0n) is 15.4. The molecule has 0 spiro atoms. The SMILES string of the molecule is O=C1c2ccccc2C2(c3cccc4cc5ccccc5cc34)SCCCN12. The second-order valence-electron chi connectivity index (χ2n) is 7.57. The van der Waals surface area contributed by atoms with Crippen molar-refractivity contribution in [2.75, 3.05) is 12.3 Å². The quantitative estimate of drug-likeness (QED) is 0.389. The Balaban J connectivity index is 1.72. The van der Waals surface area contributed by atoms with Gasteiger partial charge >= 0.3 is 0 Å². The molecule has 0 aliphatic carbocycles. The molecule has 4 aromatic rings. The second-order valence-corrected chi connectivity index (χ2v) is 8.86. The molecule has 2 aliphatic heterocycles. The highest BCUT2D eigenvalue weighted by atomic mass is 32.2. The molecular formula is C25H19NOS. The summed E-state index contributed by atoms with van der Waals surface area (Å²) in [4.78, 5) is 15.0. The minimum absolute atomic E-state index is 0.167. The molecule has 1 atom stereocenters. The third kappa shape index (κ3) is 2.03. The summed E-state index contributed by atoms with van der Waals surface area (Å²) in [5.41, 5.74) is 3.24. The maximum atomic E-state index is 13.3. The van der Waals surface area contributed by atoms with Gasteiger partial charge in [0.15, 0.2) is 0 Å². The Kier molecular flexibility index (Phi) is 3.39. The number of hydrogen-bond acceptors (Lipinski definition) is 2. The predicted molar refractivity (Wildman–Crippen MR) is 117 cm³/mol. The van der Waals surface area contributed by atoms with Gasteiger partial charge in [-0.3, -0.25) is 4.79 Å². The summed E-state index contributed by atoms with van der Waals surface area (Å²) >= 11 is 1.91. The van der Waals surface area contributed by atoms with Crippen molar-refractivity contribution in [2.24, 2.45) is 0 Å². The number of hydrogen-bond donors (Lipinski definition) is 0. The first-order valence-electron chi connectivity index (χ1n) is 9.76. The Morgan fingerprint density at radius 1 is 0.786 bits per heavy atom. The van der Waals surface area contributed by atoms with Crippen molar-refractivity contribution < 1.29 is 4.79 Å². The number of amides is 1. The van der Waals surface area contributed by atoms with E-state index in [0.29, 0.717) is 0 Å². The van der Waals surface area contributed by atoms with Crippen LogP contribution in [0.3, 0.4) is 0 Å². The van der Waals surface area contributed by atoms with Crippen LogP contribution in [0, 0.1) is 0 Å². The Hall–Kier alpha value is -2.78. The van der Waals surface area contributed by atoms with E-state index in [0.717, 1.165) is 29.8 Å². The van der Waals surface area contributed by atoms with Gasteiger partial charge in [-0.25, -0.2) is 0 Å². The fraction of sp³-hybridized carbons (Fsp3) is 0.160. The van der Waals surface area contributed by atoms with Crippen molar-refractivity contribution in [3.05, 3.63) is 95.6 Å². The lowest BCUT2D eigenvalue weighted by atomic mass is 9.91. The van der Waals surface area contributed by atoms with Gasteiger partial charge in [-0.15, -0.1) is 11.8 Å². The first-order valence-corrected chi connectivity index (χ1v) is 10.7. The lowest BCUT2D eigenvalue weighted by molar-refractivity contribution is 0.0718. The van der Waals surface area contributed by atoms with E-state index in [-0.39, 0.29) is 5.91 Å². The van der Waals surface area contributed by atoms with Crippen LogP contribution >= 0.6 is 11.8 Å². The molecule has 1 amide bonds. The molecule has 2 aliphatic rings. The molecule has 0 saturated carbocycles. The summed E-state index contributed by atoms with van der Waals surface area (Å²) in [5.74, 6) is 1.22. The lowest BCUT2D eigenvalue weighted by Crippen LogP contribution is -2.46. The van der Waals surface area contributed by atoms with Crippen molar-refractivity contribution in [3.8, 4) is 0 Å². The molecule has 2 heterocycles. The zero-order chi connectivity index (χ0) is 18.7. The molecule has 0 N–H and O–H groups in total. The van der Waals surface area contributed by atoms with Gasteiger partial charge in [-0.2, -0.15) is 0 Å². The van der Waals surface area contributed by atoms with Crippen LogP contribution in [0.2, 0.25) is 0 Å². The van der Waals surface area contributed by atoms with Crippen LogP contribution in [0.15, 0.2) is 78.9 Å². The number of nitrogens with zero attached hydrogens (tertiary/aromatic N) is 1. The monoisotopic (exact) mass is 381 g/mol. The fourth-order valence-electron chi connectivity index (χ4n) is 4.89. The minimum Gasteiger partial charge on any atom is -0.316 e. The first-order chi connectivity index (χ1) is 13.8. The van der Waals surface area contributed by atoms with Gasteiger partial charge in [0, 0.05) is 23.2 Å². The van der Waals surface area contributed by atoms with E-state index < -0.39 is 4.87 Å². The Morgan fingerprint density at radius 2 is 1.50 bits per heavy atom. The molecule has 28 heavy (non-hydrogen) atoms. The van der Waals surface area contributed by atoms with Gasteiger partial charge in [0.05, 0.1) is 0 Å². The maximum Gasteiger partial charge on any atom is 0.255 e. The van der Waals surface area contributed by atoms with E-state index >= 15 is 0 Å². The van der Waals surface area contributed by atoms with E-state index in [2.05, 4.69) is 71.6 Å². The zero-order valence-corrected chi connectivity index (χ0v) is 16.2. The van der Waals surface area contributed by atoms with Gasteiger partial charge in [0.25, 0.3) is 5.91 Å². The van der Waals surface area contributed by atoms with Gasteiger partial charge in [0.1, 0.15) is 4.87 Å². The molecule has 1 fully saturated rings. The van der Waals surface area contributed by atoms with Crippen LogP contribution in [0.4, 0.5) is 0 Å². The summed E-state index contributed by atoms with van der Waals surface area (Å²) in [6.07, 6.45) is 1.04. The average Bonchev–Trinajstić information content (AvgIpc) is 3.02. The molecule has 0 aromatic heterocycles. The van der Waals surface area contributed by atoms with Crippen molar-refractivity contribution in [2.45, 2.75) is 11.3 Å². The van der Waals surface area contributed by atoms with Crippen LogP contribution in [0.5, 0.6) is 0 Å². The summed E-state index contributed by atoms with van der Waals surface area (Å²) in [6.45, 7) is 0.810. The normalized spacial score (nSPS) is 21.1. The number of fused-ring (bicyclic) bond motifs is 5. The summed E-state index contributed by atoms with van der Waals surface area (Å²) in [7, 11) is 0. The van der Waals surface area contributed by atoms with Gasteiger partial charge in [-0.05, 0) is 51.9 Å². The van der Waals surface area contributed by atoms with E-state index in [1.165, 1.54) is 27.1 Å². The fourth-order valence-corrected chi connectivity index (χ4v) is 6.45. The van der Waals surface area contributed by atoms with Crippen molar-refractivity contribution in [1.82, 2.24) is 4.90 Å². The highest BCUT2D eigenvalue weighted by molar-refractivity contribution is 8.00. The third-order valence-corrected chi connectivity index (χ3v) is 7.67. The van der Waals surface area contributed by atoms with E-state index in [4.69, 9.17) is 0 Å². The number of carbonyl (C=O) groups excluding carboxylic acids is 1. The molecule has 4 aromatic carbocycles. The van der Waals surface area contributed by atoms with Crippen molar-refractivity contribution in [1.29, 1.82) is 0 Å². The molecule has 1 saturated heterocycles. The summed E-state index contributed by atoms with van der Waals surface area (Å²) in [5, 5.41) is 4.96. The van der Waals surface area contributed by atoms with E-state index in [9.17, 15) is 4.79 Å². The molecular weight excluding hydrogens is 362 g/mol. The third-order valence-electron chi connectivity index (χ3n) is 6.10. The molecule has 2 nitrogen and oxygen atoms in total. The van der Waals surface area contributed by atoms with Crippen LogP contribution < -0.4 is 0 Å². The van der Waals surface area contributed by atoms with Crippen LogP contribution in [-0.2, 0) is 4.87 Å².